The Morgan fingerprint density at radius 3 is 2.54 bits per heavy atom. The summed E-state index contributed by atoms with van der Waals surface area (Å²) in [6.45, 7) is 3.79. The molecule has 0 fully saturated rings. The van der Waals surface area contributed by atoms with Crippen LogP contribution >= 0.6 is 0 Å². The molecule has 0 aliphatic rings. The molecular formula is C10H16O3. The number of aliphatic hydroxyl groups excluding tert-OH is 1. The molecule has 0 radical (unpaired) electrons. The van der Waals surface area contributed by atoms with Gasteiger partial charge in [0, 0.05) is 12.0 Å². The van der Waals surface area contributed by atoms with E-state index in [0.29, 0.717) is 6.42 Å². The molecule has 2 atom stereocenters. The summed E-state index contributed by atoms with van der Waals surface area (Å²) in [5.74, 6) is -0.906. The number of carbonyl (C=O) groups is 1. The highest BCUT2D eigenvalue weighted by molar-refractivity contribution is 5.80. The smallest absolute Gasteiger partial charge is 0.328 e. The Hall–Kier alpha value is -1.09. The van der Waals surface area contributed by atoms with Gasteiger partial charge in [-0.25, -0.2) is 4.79 Å². The van der Waals surface area contributed by atoms with Crippen LogP contribution in [0.4, 0.5) is 0 Å². The average Bonchev–Trinajstić information content (AvgIpc) is 2.10. The van der Waals surface area contributed by atoms with E-state index in [1.54, 1.807) is 12.2 Å². The first-order chi connectivity index (χ1) is 6.07. The summed E-state index contributed by atoms with van der Waals surface area (Å²) in [5, 5.41) is 17.6. The van der Waals surface area contributed by atoms with Crippen molar-refractivity contribution >= 4 is 5.97 Å². The van der Waals surface area contributed by atoms with Gasteiger partial charge < -0.3 is 10.2 Å². The summed E-state index contributed by atoms with van der Waals surface area (Å²) in [6.07, 6.45) is 6.27. The third-order valence-corrected chi connectivity index (χ3v) is 1.79. The zero-order chi connectivity index (χ0) is 10.3. The van der Waals surface area contributed by atoms with Crippen molar-refractivity contribution in [2.75, 3.05) is 0 Å². The van der Waals surface area contributed by atoms with Gasteiger partial charge in [-0.15, -0.1) is 0 Å². The predicted molar refractivity (Wildman–Crippen MR) is 51.4 cm³/mol. The first kappa shape index (κ1) is 11.9. The van der Waals surface area contributed by atoms with Gasteiger partial charge in [0.2, 0.25) is 0 Å². The predicted octanol–water partition coefficient (Wildman–Crippen LogP) is 1.59. The number of hydrogen-bond donors (Lipinski definition) is 2. The minimum atomic E-state index is -0.964. The first-order valence-electron chi connectivity index (χ1n) is 4.33. The van der Waals surface area contributed by atoms with E-state index in [4.69, 9.17) is 5.11 Å². The third kappa shape index (κ3) is 6.11. The van der Waals surface area contributed by atoms with E-state index in [1.807, 2.05) is 13.8 Å². The van der Waals surface area contributed by atoms with Gasteiger partial charge in [0.1, 0.15) is 0 Å². The second-order valence-electron chi connectivity index (χ2n) is 2.92. The minimum absolute atomic E-state index is 0.0587. The maximum atomic E-state index is 10.1. The fourth-order valence-electron chi connectivity index (χ4n) is 0.877. The maximum Gasteiger partial charge on any atom is 0.328 e. The molecular weight excluding hydrogens is 168 g/mol. The van der Waals surface area contributed by atoms with Crippen molar-refractivity contribution in [3.05, 3.63) is 24.3 Å². The highest BCUT2D eigenvalue weighted by Crippen LogP contribution is 2.07. The van der Waals surface area contributed by atoms with Crippen LogP contribution in [-0.4, -0.2) is 22.3 Å². The van der Waals surface area contributed by atoms with Gasteiger partial charge in [0.05, 0.1) is 6.10 Å². The van der Waals surface area contributed by atoms with Crippen molar-refractivity contribution in [3.63, 3.8) is 0 Å². The Labute approximate surface area is 78.4 Å². The Balaban J connectivity index is 3.90. The lowest BCUT2D eigenvalue weighted by Gasteiger charge is -2.11. The SMILES string of the molecule is CCC(O)C(C)/C=C/C=C/C(=O)O. The topological polar surface area (TPSA) is 57.5 Å². The van der Waals surface area contributed by atoms with Crippen molar-refractivity contribution in [2.24, 2.45) is 5.92 Å². The molecule has 2 unspecified atom stereocenters. The van der Waals surface area contributed by atoms with Crippen molar-refractivity contribution in [1.29, 1.82) is 0 Å². The molecule has 0 spiro atoms. The van der Waals surface area contributed by atoms with Crippen LogP contribution in [0.5, 0.6) is 0 Å². The molecule has 0 bridgehead atoms. The highest BCUT2D eigenvalue weighted by Gasteiger charge is 2.06. The first-order valence-corrected chi connectivity index (χ1v) is 4.33. The molecule has 3 nitrogen and oxygen atoms in total. The summed E-state index contributed by atoms with van der Waals surface area (Å²) in [5.41, 5.74) is 0. The van der Waals surface area contributed by atoms with Crippen LogP contribution in [0.2, 0.25) is 0 Å². The molecule has 0 aromatic carbocycles. The van der Waals surface area contributed by atoms with E-state index in [2.05, 4.69) is 0 Å². The molecule has 0 aromatic rings. The molecule has 0 amide bonds. The van der Waals surface area contributed by atoms with Gasteiger partial charge in [0.15, 0.2) is 0 Å². The number of hydrogen-bond acceptors (Lipinski definition) is 2. The molecule has 0 saturated carbocycles. The normalized spacial score (nSPS) is 16.5. The lowest BCUT2D eigenvalue weighted by atomic mass is 10.0. The van der Waals surface area contributed by atoms with Gasteiger partial charge in [-0.2, -0.15) is 0 Å². The summed E-state index contributed by atoms with van der Waals surface area (Å²) in [7, 11) is 0. The van der Waals surface area contributed by atoms with Crippen molar-refractivity contribution in [2.45, 2.75) is 26.4 Å². The van der Waals surface area contributed by atoms with Crippen molar-refractivity contribution in [3.8, 4) is 0 Å². The lowest BCUT2D eigenvalue weighted by Crippen LogP contribution is -2.13. The molecule has 0 aliphatic heterocycles. The fourth-order valence-corrected chi connectivity index (χ4v) is 0.877. The fraction of sp³-hybridized carbons (Fsp3) is 0.500. The van der Waals surface area contributed by atoms with E-state index in [1.165, 1.54) is 6.08 Å². The maximum absolute atomic E-state index is 10.1. The quantitative estimate of drug-likeness (QED) is 0.504. The van der Waals surface area contributed by atoms with Crippen LogP contribution in [-0.2, 0) is 4.79 Å². The molecule has 3 heteroatoms. The highest BCUT2D eigenvalue weighted by atomic mass is 16.4. The molecule has 0 saturated heterocycles. The number of aliphatic hydroxyl groups is 1. The third-order valence-electron chi connectivity index (χ3n) is 1.79. The van der Waals surface area contributed by atoms with Gasteiger partial charge in [-0.3, -0.25) is 0 Å². The van der Waals surface area contributed by atoms with E-state index in [0.717, 1.165) is 6.08 Å². The zero-order valence-electron chi connectivity index (χ0n) is 7.97. The second-order valence-corrected chi connectivity index (χ2v) is 2.92. The van der Waals surface area contributed by atoms with Gasteiger partial charge in [-0.1, -0.05) is 32.1 Å². The summed E-state index contributed by atoms with van der Waals surface area (Å²) < 4.78 is 0. The van der Waals surface area contributed by atoms with Gasteiger partial charge in [-0.05, 0) is 6.42 Å². The summed E-state index contributed by atoms with van der Waals surface area (Å²) >= 11 is 0. The van der Waals surface area contributed by atoms with Crippen LogP contribution < -0.4 is 0 Å². The Bertz CT molecular complexity index is 206. The molecule has 0 heterocycles. The van der Waals surface area contributed by atoms with Crippen LogP contribution in [0.15, 0.2) is 24.3 Å². The summed E-state index contributed by atoms with van der Waals surface area (Å²) in [4.78, 5) is 10.1. The van der Waals surface area contributed by atoms with Crippen molar-refractivity contribution in [1.82, 2.24) is 0 Å². The molecule has 2 N–H and O–H groups in total. The lowest BCUT2D eigenvalue weighted by molar-refractivity contribution is -0.131. The monoisotopic (exact) mass is 184 g/mol. The Morgan fingerprint density at radius 2 is 2.08 bits per heavy atom. The van der Waals surface area contributed by atoms with Crippen molar-refractivity contribution < 1.29 is 15.0 Å². The van der Waals surface area contributed by atoms with Gasteiger partial charge >= 0.3 is 5.97 Å². The van der Waals surface area contributed by atoms with Crippen LogP contribution in [0.1, 0.15) is 20.3 Å². The van der Waals surface area contributed by atoms with Crippen LogP contribution in [0.25, 0.3) is 0 Å². The molecule has 0 aromatic heterocycles. The summed E-state index contributed by atoms with van der Waals surface area (Å²) in [6, 6.07) is 0. The van der Waals surface area contributed by atoms with E-state index in [9.17, 15) is 9.90 Å². The second kappa shape index (κ2) is 6.43. The van der Waals surface area contributed by atoms with E-state index in [-0.39, 0.29) is 12.0 Å². The van der Waals surface area contributed by atoms with E-state index >= 15 is 0 Å². The number of rotatable bonds is 5. The molecule has 0 rings (SSSR count). The minimum Gasteiger partial charge on any atom is -0.478 e. The van der Waals surface area contributed by atoms with Crippen LogP contribution in [0.3, 0.4) is 0 Å². The molecule has 13 heavy (non-hydrogen) atoms. The zero-order valence-corrected chi connectivity index (χ0v) is 7.97. The standard InChI is InChI=1S/C10H16O3/c1-3-9(11)8(2)6-4-5-7-10(12)13/h4-9,11H,3H2,1-2H3,(H,12,13)/b6-4+,7-5+. The number of carboxylic acid groups (broad SMARTS) is 1. The number of aliphatic carboxylic acids is 1. The largest absolute Gasteiger partial charge is 0.478 e. The molecule has 0 aliphatic carbocycles. The molecule has 74 valence electrons. The van der Waals surface area contributed by atoms with Crippen LogP contribution in [0, 0.1) is 5.92 Å². The van der Waals surface area contributed by atoms with Gasteiger partial charge in [0.25, 0.3) is 0 Å². The average molecular weight is 184 g/mol. The number of carboxylic acids is 1. The van der Waals surface area contributed by atoms with E-state index < -0.39 is 5.97 Å². The Morgan fingerprint density at radius 1 is 1.46 bits per heavy atom. The Kier molecular flexibility index (Phi) is 5.89. The number of allylic oxidation sites excluding steroid dienone is 2.